The van der Waals surface area contributed by atoms with E-state index in [0.717, 1.165) is 29.1 Å². The molecule has 1 aromatic heterocycles. The van der Waals surface area contributed by atoms with Gasteiger partial charge in [-0.05, 0) is 34.7 Å². The van der Waals surface area contributed by atoms with Crippen molar-refractivity contribution in [2.75, 3.05) is 11.9 Å². The van der Waals surface area contributed by atoms with Gasteiger partial charge in [-0.25, -0.2) is 9.97 Å². The maximum absolute atomic E-state index is 9.83. The summed E-state index contributed by atoms with van der Waals surface area (Å²) in [7, 11) is 0. The highest BCUT2D eigenvalue weighted by molar-refractivity contribution is 9.10. The van der Waals surface area contributed by atoms with Gasteiger partial charge in [0, 0.05) is 18.0 Å². The van der Waals surface area contributed by atoms with Gasteiger partial charge in [-0.2, -0.15) is 0 Å². The molecule has 1 aliphatic rings. The number of aromatic nitrogens is 2. The standard InChI is InChI=1S/C13H20BrN3O/c1-13(2,3)12-16-10(14)6-11(17-12)15-7-9(18)8-4-5-8/h6,8-9,18H,4-5,7H2,1-3H3,(H,15,16,17). The van der Waals surface area contributed by atoms with Crippen molar-refractivity contribution >= 4 is 21.7 Å². The molecule has 0 bridgehead atoms. The fourth-order valence-electron chi connectivity index (χ4n) is 1.70. The van der Waals surface area contributed by atoms with Crippen LogP contribution in [-0.2, 0) is 5.41 Å². The first kappa shape index (κ1) is 13.7. The normalized spacial score (nSPS) is 17.6. The van der Waals surface area contributed by atoms with Gasteiger partial charge in [0.05, 0.1) is 6.10 Å². The molecule has 2 rings (SSSR count). The highest BCUT2D eigenvalue weighted by Gasteiger charge is 2.29. The zero-order chi connectivity index (χ0) is 13.3. The number of aliphatic hydroxyl groups is 1. The molecule has 0 spiro atoms. The quantitative estimate of drug-likeness (QED) is 0.839. The van der Waals surface area contributed by atoms with Gasteiger partial charge >= 0.3 is 0 Å². The van der Waals surface area contributed by atoms with Gasteiger partial charge in [0.2, 0.25) is 0 Å². The highest BCUT2D eigenvalue weighted by atomic mass is 79.9. The van der Waals surface area contributed by atoms with Crippen LogP contribution >= 0.6 is 15.9 Å². The maximum atomic E-state index is 9.83. The minimum Gasteiger partial charge on any atom is -0.391 e. The van der Waals surface area contributed by atoms with Crippen molar-refractivity contribution in [3.05, 3.63) is 16.5 Å². The van der Waals surface area contributed by atoms with E-state index in [1.807, 2.05) is 6.07 Å². The Kier molecular flexibility index (Phi) is 3.92. The lowest BCUT2D eigenvalue weighted by atomic mass is 9.96. The second kappa shape index (κ2) is 5.13. The second-order valence-electron chi connectivity index (χ2n) is 5.94. The van der Waals surface area contributed by atoms with Crippen molar-refractivity contribution in [2.45, 2.75) is 45.1 Å². The van der Waals surface area contributed by atoms with Crippen LogP contribution in [-0.4, -0.2) is 27.7 Å². The van der Waals surface area contributed by atoms with Crippen LogP contribution in [0.15, 0.2) is 10.7 Å². The third-order valence-corrected chi connectivity index (χ3v) is 3.43. The van der Waals surface area contributed by atoms with Crippen molar-refractivity contribution in [1.29, 1.82) is 0 Å². The Labute approximate surface area is 116 Å². The average Bonchev–Trinajstić information content (AvgIpc) is 3.07. The van der Waals surface area contributed by atoms with Crippen molar-refractivity contribution in [2.24, 2.45) is 5.92 Å². The van der Waals surface area contributed by atoms with Crippen molar-refractivity contribution in [3.8, 4) is 0 Å². The lowest BCUT2D eigenvalue weighted by Crippen LogP contribution is -2.23. The molecule has 1 fully saturated rings. The molecular weight excluding hydrogens is 294 g/mol. The lowest BCUT2D eigenvalue weighted by molar-refractivity contribution is 0.164. The number of nitrogens with one attached hydrogen (secondary N) is 1. The van der Waals surface area contributed by atoms with Crippen LogP contribution in [0.4, 0.5) is 5.82 Å². The van der Waals surface area contributed by atoms with E-state index in [0.29, 0.717) is 12.5 Å². The molecule has 1 aromatic rings. The summed E-state index contributed by atoms with van der Waals surface area (Å²) in [6, 6.07) is 1.84. The summed E-state index contributed by atoms with van der Waals surface area (Å²) in [5, 5.41) is 13.0. The second-order valence-corrected chi connectivity index (χ2v) is 6.75. The van der Waals surface area contributed by atoms with Gasteiger partial charge in [-0.3, -0.25) is 0 Å². The number of anilines is 1. The summed E-state index contributed by atoms with van der Waals surface area (Å²) >= 11 is 3.40. The molecule has 2 N–H and O–H groups in total. The Bertz CT molecular complexity index is 427. The molecule has 0 saturated heterocycles. The minimum atomic E-state index is -0.267. The number of aliphatic hydroxyl groups excluding tert-OH is 1. The zero-order valence-corrected chi connectivity index (χ0v) is 12.7. The Morgan fingerprint density at radius 1 is 1.44 bits per heavy atom. The van der Waals surface area contributed by atoms with Gasteiger partial charge < -0.3 is 10.4 Å². The van der Waals surface area contributed by atoms with Crippen LogP contribution in [0.3, 0.4) is 0 Å². The topological polar surface area (TPSA) is 58.0 Å². The van der Waals surface area contributed by atoms with Gasteiger partial charge in [0.25, 0.3) is 0 Å². The number of hydrogen-bond donors (Lipinski definition) is 2. The fourth-order valence-corrected chi connectivity index (χ4v) is 2.09. The summed E-state index contributed by atoms with van der Waals surface area (Å²) in [5.74, 6) is 2.03. The van der Waals surface area contributed by atoms with Crippen LogP contribution in [0.1, 0.15) is 39.4 Å². The molecule has 0 radical (unpaired) electrons. The van der Waals surface area contributed by atoms with E-state index in [4.69, 9.17) is 0 Å². The Morgan fingerprint density at radius 3 is 2.67 bits per heavy atom. The van der Waals surface area contributed by atoms with Crippen LogP contribution in [0.2, 0.25) is 0 Å². The maximum Gasteiger partial charge on any atom is 0.137 e. The molecule has 1 heterocycles. The smallest absolute Gasteiger partial charge is 0.137 e. The monoisotopic (exact) mass is 313 g/mol. The number of halogens is 1. The van der Waals surface area contributed by atoms with Crippen molar-refractivity contribution in [3.63, 3.8) is 0 Å². The van der Waals surface area contributed by atoms with E-state index >= 15 is 0 Å². The molecule has 0 amide bonds. The van der Waals surface area contributed by atoms with Gasteiger partial charge in [-0.1, -0.05) is 20.8 Å². The third-order valence-electron chi connectivity index (χ3n) is 3.02. The van der Waals surface area contributed by atoms with Crippen LogP contribution in [0.5, 0.6) is 0 Å². The average molecular weight is 314 g/mol. The molecule has 0 aromatic carbocycles. The molecule has 5 heteroatoms. The van der Waals surface area contributed by atoms with E-state index in [2.05, 4.69) is 52.0 Å². The Hall–Kier alpha value is -0.680. The Balaban J connectivity index is 2.05. The van der Waals surface area contributed by atoms with Crippen molar-refractivity contribution < 1.29 is 5.11 Å². The molecule has 1 saturated carbocycles. The molecular formula is C13H20BrN3O. The summed E-state index contributed by atoms with van der Waals surface area (Å²) in [6.07, 6.45) is 2.02. The van der Waals surface area contributed by atoms with Gasteiger partial charge in [0.15, 0.2) is 0 Å². The molecule has 18 heavy (non-hydrogen) atoms. The number of hydrogen-bond acceptors (Lipinski definition) is 4. The third kappa shape index (κ3) is 3.65. The van der Waals surface area contributed by atoms with Crippen LogP contribution in [0, 0.1) is 5.92 Å². The number of rotatable bonds is 4. The molecule has 100 valence electrons. The molecule has 1 atom stereocenters. The molecule has 0 aliphatic heterocycles. The first-order valence-corrected chi connectivity index (χ1v) is 7.12. The van der Waals surface area contributed by atoms with E-state index in [1.54, 1.807) is 0 Å². The SMILES string of the molecule is CC(C)(C)c1nc(Br)cc(NCC(O)C2CC2)n1. The van der Waals surface area contributed by atoms with E-state index in [9.17, 15) is 5.11 Å². The molecule has 4 nitrogen and oxygen atoms in total. The van der Waals surface area contributed by atoms with E-state index in [-0.39, 0.29) is 11.5 Å². The first-order chi connectivity index (χ1) is 8.36. The van der Waals surface area contributed by atoms with Gasteiger partial charge in [-0.15, -0.1) is 0 Å². The summed E-state index contributed by atoms with van der Waals surface area (Å²) in [6.45, 7) is 6.80. The molecule has 1 aliphatic carbocycles. The zero-order valence-electron chi connectivity index (χ0n) is 11.1. The lowest BCUT2D eigenvalue weighted by Gasteiger charge is -2.18. The largest absolute Gasteiger partial charge is 0.391 e. The van der Waals surface area contributed by atoms with Gasteiger partial charge in [0.1, 0.15) is 16.2 Å². The predicted octanol–water partition coefficient (Wildman–Crippen LogP) is 2.72. The highest BCUT2D eigenvalue weighted by Crippen LogP contribution is 2.32. The van der Waals surface area contributed by atoms with Crippen molar-refractivity contribution in [1.82, 2.24) is 9.97 Å². The fraction of sp³-hybridized carbons (Fsp3) is 0.692. The Morgan fingerprint density at radius 2 is 2.11 bits per heavy atom. The summed E-state index contributed by atoms with van der Waals surface area (Å²) < 4.78 is 0.769. The van der Waals surface area contributed by atoms with Crippen LogP contribution in [0.25, 0.3) is 0 Å². The van der Waals surface area contributed by atoms with E-state index in [1.165, 1.54) is 0 Å². The first-order valence-electron chi connectivity index (χ1n) is 6.33. The van der Waals surface area contributed by atoms with Crippen LogP contribution < -0.4 is 5.32 Å². The predicted molar refractivity (Wildman–Crippen MR) is 75.7 cm³/mol. The number of nitrogens with zero attached hydrogens (tertiary/aromatic N) is 2. The minimum absolute atomic E-state index is 0.0880. The van der Waals surface area contributed by atoms with E-state index < -0.39 is 0 Å². The summed E-state index contributed by atoms with van der Waals surface area (Å²) in [5.41, 5.74) is -0.0880. The summed E-state index contributed by atoms with van der Waals surface area (Å²) in [4.78, 5) is 8.88. The molecule has 1 unspecified atom stereocenters.